The van der Waals surface area contributed by atoms with E-state index in [-0.39, 0.29) is 42.7 Å². The molecule has 0 radical (unpaired) electrons. The molecule has 2 saturated carbocycles. The maximum absolute atomic E-state index is 13.1. The minimum atomic E-state index is -1.07. The minimum Gasteiger partial charge on any atom is -0.480 e. The minimum absolute atomic E-state index is 0.00994. The molecule has 12 nitrogen and oxygen atoms in total. The molecule has 12 heteroatoms. The molecule has 0 bridgehead atoms. The summed E-state index contributed by atoms with van der Waals surface area (Å²) in [7, 11) is 0. The smallest absolute Gasteiger partial charge is 0.329 e. The van der Waals surface area contributed by atoms with Gasteiger partial charge in [-0.25, -0.2) is 9.59 Å². The summed E-state index contributed by atoms with van der Waals surface area (Å²) in [6.07, 6.45) is 4.38. The van der Waals surface area contributed by atoms with Gasteiger partial charge in [0.2, 0.25) is 0 Å². The maximum Gasteiger partial charge on any atom is 0.329 e. The Kier molecular flexibility index (Phi) is 8.95. The number of likely N-dealkylation sites (tertiary alicyclic amines) is 2. The molecule has 2 heterocycles. The van der Waals surface area contributed by atoms with Crippen molar-refractivity contribution in [1.29, 1.82) is 0 Å². The summed E-state index contributed by atoms with van der Waals surface area (Å²) in [6.45, 7) is 11.4. The first-order valence-corrected chi connectivity index (χ1v) is 15.2. The predicted octanol–water partition coefficient (Wildman–Crippen LogP) is 1.31. The molecule has 0 aromatic heterocycles. The van der Waals surface area contributed by atoms with E-state index in [1.165, 1.54) is 9.80 Å². The van der Waals surface area contributed by atoms with Gasteiger partial charge >= 0.3 is 35.6 Å². The van der Waals surface area contributed by atoms with Crippen LogP contribution in [0.2, 0.25) is 0 Å². The van der Waals surface area contributed by atoms with Crippen molar-refractivity contribution in [3.05, 3.63) is 0 Å². The van der Waals surface area contributed by atoms with Crippen LogP contribution in [0.3, 0.4) is 0 Å². The molecule has 0 spiro atoms. The highest BCUT2D eigenvalue weighted by Crippen LogP contribution is 2.48. The molecule has 2 saturated heterocycles. The molecule has 3 N–H and O–H groups in total. The Bertz CT molecular complexity index is 1130. The second-order valence-electron chi connectivity index (χ2n) is 14.3. The average molecular weight is 591 g/mol. The Hall–Kier alpha value is -3.18. The fourth-order valence-corrected chi connectivity index (χ4v) is 8.00. The molecule has 2 aliphatic heterocycles. The zero-order valence-corrected chi connectivity index (χ0v) is 25.6. The first-order chi connectivity index (χ1) is 19.5. The second-order valence-corrected chi connectivity index (χ2v) is 14.3. The lowest BCUT2D eigenvalue weighted by molar-refractivity contribution is -0.157. The van der Waals surface area contributed by atoms with Crippen LogP contribution in [0.15, 0.2) is 0 Å². The lowest BCUT2D eigenvalue weighted by Gasteiger charge is -2.32. The van der Waals surface area contributed by atoms with Gasteiger partial charge in [0, 0.05) is 24.2 Å². The van der Waals surface area contributed by atoms with E-state index >= 15 is 0 Å². The van der Waals surface area contributed by atoms with Crippen molar-refractivity contribution in [1.82, 2.24) is 20.4 Å². The van der Waals surface area contributed by atoms with Gasteiger partial charge in [0.15, 0.2) is 0 Å². The molecule has 2 unspecified atom stereocenters. The van der Waals surface area contributed by atoms with E-state index < -0.39 is 58.7 Å². The van der Waals surface area contributed by atoms with Crippen LogP contribution in [0, 0.1) is 29.6 Å². The third-order valence-corrected chi connectivity index (χ3v) is 9.34. The zero-order valence-electron chi connectivity index (χ0n) is 25.6. The number of esters is 1. The van der Waals surface area contributed by atoms with Crippen molar-refractivity contribution >= 4 is 35.6 Å². The topological polar surface area (TPSA) is 162 Å². The van der Waals surface area contributed by atoms with Gasteiger partial charge in [-0.15, -0.1) is 0 Å². The third-order valence-electron chi connectivity index (χ3n) is 9.34. The van der Waals surface area contributed by atoms with Gasteiger partial charge in [-0.3, -0.25) is 19.2 Å². The number of rotatable bonds is 6. The first-order valence-electron chi connectivity index (χ1n) is 15.2. The Balaban J connectivity index is 1.39. The molecule has 4 amide bonds. The van der Waals surface area contributed by atoms with Crippen LogP contribution in [0.5, 0.6) is 0 Å². The fourth-order valence-electron chi connectivity index (χ4n) is 8.00. The molecule has 42 heavy (non-hydrogen) atoms. The van der Waals surface area contributed by atoms with Crippen LogP contribution >= 0.6 is 0 Å². The third kappa shape index (κ3) is 6.57. The van der Waals surface area contributed by atoms with Gasteiger partial charge in [0.05, 0.1) is 6.61 Å². The van der Waals surface area contributed by atoms with Crippen LogP contribution in [0.25, 0.3) is 0 Å². The summed E-state index contributed by atoms with van der Waals surface area (Å²) in [5.74, 6) is -4.80. The fraction of sp³-hybridized carbons (Fsp3) is 0.800. The highest BCUT2D eigenvalue weighted by molar-refractivity contribution is 6.36. The summed E-state index contributed by atoms with van der Waals surface area (Å²) in [4.78, 5) is 79.5. The largest absolute Gasteiger partial charge is 0.480 e. The Morgan fingerprint density at radius 3 is 2.00 bits per heavy atom. The highest BCUT2D eigenvalue weighted by Gasteiger charge is 2.55. The number of hydrogen-bond acceptors (Lipinski definition) is 7. The van der Waals surface area contributed by atoms with Gasteiger partial charge in [-0.2, -0.15) is 0 Å². The molecule has 4 rings (SSSR count). The Morgan fingerprint density at radius 1 is 0.810 bits per heavy atom. The SMILES string of the molecule is CCOC(=O)[C@@H]1[C@H]2CC(CC(C)(C)NC(=O)C(=O)N3C[C@@H]4CCC[C@@H]4[C@H]3C(=O)O)CC2CN1C(=O)C(=O)NC(C)(C)C. The van der Waals surface area contributed by atoms with E-state index in [2.05, 4.69) is 10.6 Å². The van der Waals surface area contributed by atoms with Crippen LogP contribution in [0.4, 0.5) is 0 Å². The molecule has 0 aromatic rings. The zero-order chi connectivity index (χ0) is 31.1. The van der Waals surface area contributed by atoms with Crippen molar-refractivity contribution in [2.45, 2.75) is 103 Å². The number of hydrogen-bond donors (Lipinski definition) is 3. The number of carbonyl (C=O) groups excluding carboxylic acids is 5. The van der Waals surface area contributed by atoms with E-state index in [0.29, 0.717) is 25.8 Å². The summed E-state index contributed by atoms with van der Waals surface area (Å²) in [5, 5.41) is 15.3. The number of ether oxygens (including phenoxy) is 1. The number of nitrogens with one attached hydrogen (secondary N) is 2. The lowest BCUT2D eigenvalue weighted by Crippen LogP contribution is -2.54. The van der Waals surface area contributed by atoms with Crippen LogP contribution in [-0.4, -0.2) is 93.3 Å². The summed E-state index contributed by atoms with van der Waals surface area (Å²) < 4.78 is 5.31. The maximum atomic E-state index is 13.1. The molecule has 2 aliphatic carbocycles. The molecular weight excluding hydrogens is 544 g/mol. The molecule has 7 atom stereocenters. The predicted molar refractivity (Wildman–Crippen MR) is 151 cm³/mol. The van der Waals surface area contributed by atoms with Crippen LogP contribution < -0.4 is 10.6 Å². The van der Waals surface area contributed by atoms with Gasteiger partial charge < -0.3 is 30.3 Å². The van der Waals surface area contributed by atoms with Gasteiger partial charge in [-0.05, 0) is 103 Å². The van der Waals surface area contributed by atoms with Gasteiger partial charge in [0.1, 0.15) is 12.1 Å². The lowest BCUT2D eigenvalue weighted by atomic mass is 9.87. The Labute approximate surface area is 247 Å². The molecule has 4 fully saturated rings. The van der Waals surface area contributed by atoms with Crippen molar-refractivity contribution in [2.24, 2.45) is 29.6 Å². The summed E-state index contributed by atoms with van der Waals surface area (Å²) >= 11 is 0. The number of fused-ring (bicyclic) bond motifs is 2. The van der Waals surface area contributed by atoms with E-state index in [1.807, 2.05) is 13.8 Å². The number of carboxylic acids is 1. The van der Waals surface area contributed by atoms with Gasteiger partial charge in [0.25, 0.3) is 0 Å². The molecular formula is C30H46N4O8. The summed E-state index contributed by atoms with van der Waals surface area (Å²) in [5.41, 5.74) is -1.38. The number of aliphatic carboxylic acids is 1. The van der Waals surface area contributed by atoms with E-state index in [0.717, 1.165) is 19.3 Å². The average Bonchev–Trinajstić information content (AvgIpc) is 3.60. The van der Waals surface area contributed by atoms with Crippen molar-refractivity contribution in [3.8, 4) is 0 Å². The van der Waals surface area contributed by atoms with Crippen molar-refractivity contribution in [2.75, 3.05) is 19.7 Å². The first kappa shape index (κ1) is 31.7. The Morgan fingerprint density at radius 2 is 1.40 bits per heavy atom. The standard InChI is InChI=1S/C30H46N4O8/c1-7-42-28(41)22-20-12-16(11-18(20)15-34(22)25(37)23(35)31-29(2,3)4)13-30(5,6)32-24(36)26(38)33-14-17-9-8-10-19(17)21(33)27(39)40/h16-22H,7-15H2,1-6H3,(H,31,35)(H,32,36)(H,39,40)/t16?,17-,18?,19-,20-,21-,22-/m0/s1. The van der Waals surface area contributed by atoms with Gasteiger partial charge in [-0.1, -0.05) is 6.42 Å². The van der Waals surface area contributed by atoms with Crippen LogP contribution in [0.1, 0.15) is 80.1 Å². The number of carbonyl (C=O) groups is 6. The van der Waals surface area contributed by atoms with Crippen molar-refractivity contribution < 1.29 is 38.6 Å². The second kappa shape index (κ2) is 11.8. The van der Waals surface area contributed by atoms with E-state index in [9.17, 15) is 33.9 Å². The van der Waals surface area contributed by atoms with Crippen molar-refractivity contribution in [3.63, 3.8) is 0 Å². The number of carboxylic acid groups (broad SMARTS) is 1. The monoisotopic (exact) mass is 590 g/mol. The van der Waals surface area contributed by atoms with E-state index in [1.54, 1.807) is 27.7 Å². The quantitative estimate of drug-likeness (QED) is 0.308. The molecule has 234 valence electrons. The highest BCUT2D eigenvalue weighted by atomic mass is 16.5. The molecule has 4 aliphatic rings. The molecule has 0 aromatic carbocycles. The number of amides is 4. The van der Waals surface area contributed by atoms with E-state index in [4.69, 9.17) is 4.74 Å². The van der Waals surface area contributed by atoms with Crippen LogP contribution in [-0.2, 0) is 33.5 Å². The number of nitrogens with zero attached hydrogens (tertiary/aromatic N) is 2. The normalized spacial score (nSPS) is 30.5. The summed E-state index contributed by atoms with van der Waals surface area (Å²) in [6, 6.07) is -1.83.